The lowest BCUT2D eigenvalue weighted by atomic mass is 10.1. The summed E-state index contributed by atoms with van der Waals surface area (Å²) in [5.41, 5.74) is 5.08. The molecule has 0 saturated heterocycles. The Morgan fingerprint density at radius 3 is 2.67 bits per heavy atom. The third-order valence-corrected chi connectivity index (χ3v) is 5.31. The second kappa shape index (κ2) is 7.80. The van der Waals surface area contributed by atoms with Crippen LogP contribution in [0.4, 0.5) is 4.39 Å². The summed E-state index contributed by atoms with van der Waals surface area (Å²) in [5.74, 6) is 0.488. The van der Waals surface area contributed by atoms with Crippen LogP contribution in [0.2, 0.25) is 0 Å². The second-order valence-electron chi connectivity index (χ2n) is 6.97. The zero-order valence-electron chi connectivity index (χ0n) is 15.8. The highest BCUT2D eigenvalue weighted by Crippen LogP contribution is 2.32. The third kappa shape index (κ3) is 3.74. The summed E-state index contributed by atoms with van der Waals surface area (Å²) in [4.78, 5) is 17.3. The minimum absolute atomic E-state index is 0.256. The van der Waals surface area contributed by atoms with E-state index < -0.39 is 0 Å². The van der Waals surface area contributed by atoms with Crippen LogP contribution in [0.25, 0.3) is 33.5 Å². The van der Waals surface area contributed by atoms with E-state index in [2.05, 4.69) is 30.9 Å². The van der Waals surface area contributed by atoms with Gasteiger partial charge in [0.15, 0.2) is 0 Å². The molecule has 1 N–H and O–H groups in total. The number of aromatic amines is 1. The van der Waals surface area contributed by atoms with E-state index in [9.17, 15) is 4.39 Å². The Kier molecular flexibility index (Phi) is 4.85. The fraction of sp³-hybridized carbons (Fsp3) is 0.0417. The van der Waals surface area contributed by atoms with Crippen molar-refractivity contribution in [3.8, 4) is 22.6 Å². The van der Waals surface area contributed by atoms with Crippen molar-refractivity contribution in [2.24, 2.45) is 0 Å². The molecule has 3 aromatic heterocycles. The van der Waals surface area contributed by atoms with Crippen molar-refractivity contribution < 1.29 is 4.39 Å². The molecule has 5 aromatic rings. The van der Waals surface area contributed by atoms with E-state index in [-0.39, 0.29) is 5.82 Å². The molecule has 146 valence electrons. The molecular formula is C24H16BrFN4. The van der Waals surface area contributed by atoms with E-state index in [0.717, 1.165) is 49.5 Å². The van der Waals surface area contributed by atoms with E-state index in [1.165, 1.54) is 12.1 Å². The van der Waals surface area contributed by atoms with Crippen molar-refractivity contribution >= 4 is 26.8 Å². The lowest BCUT2D eigenvalue weighted by Crippen LogP contribution is -1.92. The quantitative estimate of drug-likeness (QED) is 0.327. The number of halogens is 2. The Bertz CT molecular complexity index is 1360. The number of hydrogen-bond donors (Lipinski definition) is 1. The van der Waals surface area contributed by atoms with Crippen molar-refractivity contribution in [2.75, 3.05) is 0 Å². The summed E-state index contributed by atoms with van der Waals surface area (Å²) in [5, 5.41) is 1.07. The van der Waals surface area contributed by atoms with Crippen LogP contribution in [-0.4, -0.2) is 19.9 Å². The highest BCUT2D eigenvalue weighted by atomic mass is 79.9. The molecule has 3 heterocycles. The molecule has 5 rings (SSSR count). The van der Waals surface area contributed by atoms with Gasteiger partial charge < -0.3 is 4.98 Å². The summed E-state index contributed by atoms with van der Waals surface area (Å²) < 4.78 is 14.4. The van der Waals surface area contributed by atoms with Gasteiger partial charge in [0.05, 0.1) is 22.6 Å². The number of aromatic nitrogens is 4. The van der Waals surface area contributed by atoms with Gasteiger partial charge in [-0.2, -0.15) is 0 Å². The molecule has 0 aliphatic carbocycles. The van der Waals surface area contributed by atoms with Crippen LogP contribution in [0, 0.1) is 5.82 Å². The molecule has 0 saturated carbocycles. The van der Waals surface area contributed by atoms with Crippen molar-refractivity contribution in [2.45, 2.75) is 6.42 Å². The molecular weight excluding hydrogens is 443 g/mol. The fourth-order valence-electron chi connectivity index (χ4n) is 3.50. The molecule has 0 bridgehead atoms. The van der Waals surface area contributed by atoms with Crippen molar-refractivity contribution in [1.29, 1.82) is 0 Å². The second-order valence-corrected chi connectivity index (χ2v) is 7.78. The standard InChI is InChI=1S/C24H16BrFN4/c25-21-8-2-7-19(28-21)24-23(17-10-9-16-5-3-11-27-20(16)14-17)29-22(30-24)13-15-4-1-6-18(26)12-15/h1-12,14H,13H2,(H,29,30). The fourth-order valence-corrected chi connectivity index (χ4v) is 3.85. The molecule has 0 atom stereocenters. The Morgan fingerprint density at radius 2 is 1.80 bits per heavy atom. The highest BCUT2D eigenvalue weighted by molar-refractivity contribution is 9.10. The van der Waals surface area contributed by atoms with Gasteiger partial charge in [-0.25, -0.2) is 14.4 Å². The van der Waals surface area contributed by atoms with E-state index in [1.54, 1.807) is 12.3 Å². The van der Waals surface area contributed by atoms with E-state index in [4.69, 9.17) is 4.98 Å². The summed E-state index contributed by atoms with van der Waals surface area (Å²) >= 11 is 3.44. The Balaban J connectivity index is 1.64. The zero-order chi connectivity index (χ0) is 20.5. The number of hydrogen-bond acceptors (Lipinski definition) is 3. The van der Waals surface area contributed by atoms with Gasteiger partial charge in [-0.05, 0) is 57.9 Å². The molecule has 0 spiro atoms. The van der Waals surface area contributed by atoms with Gasteiger partial charge in [0.25, 0.3) is 0 Å². The summed E-state index contributed by atoms with van der Waals surface area (Å²) in [7, 11) is 0. The van der Waals surface area contributed by atoms with Gasteiger partial charge in [0.1, 0.15) is 16.2 Å². The number of nitrogens with zero attached hydrogens (tertiary/aromatic N) is 3. The van der Waals surface area contributed by atoms with Gasteiger partial charge in [0, 0.05) is 23.6 Å². The average molecular weight is 459 g/mol. The first kappa shape index (κ1) is 18.6. The molecule has 0 unspecified atom stereocenters. The largest absolute Gasteiger partial charge is 0.340 e. The van der Waals surface area contributed by atoms with Crippen LogP contribution in [0.3, 0.4) is 0 Å². The molecule has 0 aliphatic rings. The molecule has 0 amide bonds. The maximum absolute atomic E-state index is 13.6. The number of imidazole rings is 1. The van der Waals surface area contributed by atoms with Gasteiger partial charge in [-0.3, -0.25) is 4.98 Å². The van der Waals surface area contributed by atoms with Gasteiger partial charge in [-0.1, -0.05) is 36.4 Å². The molecule has 6 heteroatoms. The topological polar surface area (TPSA) is 54.5 Å². The molecule has 30 heavy (non-hydrogen) atoms. The Hall–Kier alpha value is -3.38. The first-order valence-corrected chi connectivity index (χ1v) is 10.3. The highest BCUT2D eigenvalue weighted by Gasteiger charge is 2.16. The number of pyridine rings is 2. The van der Waals surface area contributed by atoms with Crippen LogP contribution in [0.1, 0.15) is 11.4 Å². The van der Waals surface area contributed by atoms with Gasteiger partial charge >= 0.3 is 0 Å². The average Bonchev–Trinajstić information content (AvgIpc) is 3.17. The van der Waals surface area contributed by atoms with Crippen molar-refractivity contribution in [3.63, 3.8) is 0 Å². The monoisotopic (exact) mass is 458 g/mol. The Morgan fingerprint density at radius 1 is 0.900 bits per heavy atom. The van der Waals surface area contributed by atoms with E-state index in [0.29, 0.717) is 6.42 Å². The van der Waals surface area contributed by atoms with Gasteiger partial charge in [-0.15, -0.1) is 0 Å². The summed E-state index contributed by atoms with van der Waals surface area (Å²) in [6.07, 6.45) is 2.27. The first-order chi connectivity index (χ1) is 14.7. The zero-order valence-corrected chi connectivity index (χ0v) is 17.4. The van der Waals surface area contributed by atoms with Crippen LogP contribution in [0.15, 0.2) is 83.6 Å². The first-order valence-electron chi connectivity index (χ1n) is 9.47. The van der Waals surface area contributed by atoms with E-state index in [1.807, 2.05) is 54.6 Å². The number of nitrogens with one attached hydrogen (secondary N) is 1. The lowest BCUT2D eigenvalue weighted by Gasteiger charge is -2.04. The SMILES string of the molecule is Fc1cccc(Cc2nc(-c3ccc4cccnc4c3)c(-c3cccc(Br)n3)[nH]2)c1. The summed E-state index contributed by atoms with van der Waals surface area (Å²) in [6.45, 7) is 0. The molecule has 2 aromatic carbocycles. The maximum Gasteiger partial charge on any atom is 0.123 e. The van der Waals surface area contributed by atoms with Crippen LogP contribution in [-0.2, 0) is 6.42 Å². The van der Waals surface area contributed by atoms with E-state index >= 15 is 0 Å². The number of H-pyrrole nitrogens is 1. The number of fused-ring (bicyclic) bond motifs is 1. The summed E-state index contributed by atoms with van der Waals surface area (Å²) in [6, 6.07) is 22.4. The molecule has 4 nitrogen and oxygen atoms in total. The number of benzene rings is 2. The van der Waals surface area contributed by atoms with Crippen LogP contribution in [0.5, 0.6) is 0 Å². The van der Waals surface area contributed by atoms with Crippen LogP contribution >= 0.6 is 15.9 Å². The number of rotatable bonds is 4. The van der Waals surface area contributed by atoms with Crippen molar-refractivity contribution in [3.05, 3.63) is 101 Å². The predicted molar refractivity (Wildman–Crippen MR) is 119 cm³/mol. The third-order valence-electron chi connectivity index (χ3n) is 4.86. The molecule has 0 radical (unpaired) electrons. The molecule has 0 fully saturated rings. The lowest BCUT2D eigenvalue weighted by molar-refractivity contribution is 0.626. The molecule has 0 aliphatic heterocycles. The van der Waals surface area contributed by atoms with Crippen LogP contribution < -0.4 is 0 Å². The Labute approximate surface area is 181 Å². The predicted octanol–water partition coefficient (Wildman–Crippen LogP) is 6.18. The maximum atomic E-state index is 13.6. The smallest absolute Gasteiger partial charge is 0.123 e. The normalized spacial score (nSPS) is 11.1. The van der Waals surface area contributed by atoms with Crippen molar-refractivity contribution in [1.82, 2.24) is 19.9 Å². The minimum Gasteiger partial charge on any atom is -0.340 e. The van der Waals surface area contributed by atoms with Gasteiger partial charge in [0.2, 0.25) is 0 Å². The minimum atomic E-state index is -0.256.